The number of nitrogens with zero attached hydrogens (tertiary/aromatic N) is 6. The number of carbonyl (C=O) groups excluding carboxylic acids is 1. The van der Waals surface area contributed by atoms with E-state index >= 15 is 0 Å². The van der Waals surface area contributed by atoms with E-state index in [-0.39, 0.29) is 11.7 Å². The van der Waals surface area contributed by atoms with E-state index in [1.165, 1.54) is 11.8 Å². The number of aromatic nitrogens is 4. The minimum absolute atomic E-state index is 0.0461. The molecule has 1 amide bonds. The van der Waals surface area contributed by atoms with Gasteiger partial charge in [-0.2, -0.15) is 9.78 Å². The Morgan fingerprint density at radius 1 is 1.38 bits per heavy atom. The lowest BCUT2D eigenvalue weighted by Gasteiger charge is -2.15. The number of carbonyl (C=O) groups is 1. The van der Waals surface area contributed by atoms with E-state index in [4.69, 9.17) is 5.26 Å². The minimum Gasteiger partial charge on any atom is -0.344 e. The molecule has 2 heterocycles. The number of nitriles is 1. The maximum Gasteiger partial charge on any atom is 0.232 e. The highest BCUT2D eigenvalue weighted by Crippen LogP contribution is 2.23. The molecule has 3 rings (SSSR count). The fraction of sp³-hybridized carbons (Fsp3) is 0.312. The van der Waals surface area contributed by atoms with E-state index in [1.54, 1.807) is 16.5 Å². The summed E-state index contributed by atoms with van der Waals surface area (Å²) < 4.78 is 1.69. The quantitative estimate of drug-likeness (QED) is 0.522. The Labute approximate surface area is 143 Å². The summed E-state index contributed by atoms with van der Waals surface area (Å²) in [5.74, 6) is 0.851. The third-order valence-corrected chi connectivity index (χ3v) is 4.48. The standard InChI is InChI=1S/C16H16N6OS/c1-11-18-15-12-6-3-4-7-13(12)19-16(22(15)20-11)24-10-14(23)21(2)9-5-8-17/h3-4,6-7H,5,9-10H2,1-2H3. The van der Waals surface area contributed by atoms with Crippen LogP contribution in [0.2, 0.25) is 0 Å². The summed E-state index contributed by atoms with van der Waals surface area (Å²) in [6.45, 7) is 2.26. The van der Waals surface area contributed by atoms with Crippen molar-refractivity contribution in [2.75, 3.05) is 19.3 Å². The Morgan fingerprint density at radius 3 is 2.96 bits per heavy atom. The van der Waals surface area contributed by atoms with Crippen molar-refractivity contribution < 1.29 is 4.79 Å². The number of para-hydroxylation sites is 1. The number of fused-ring (bicyclic) bond motifs is 3. The van der Waals surface area contributed by atoms with Crippen molar-refractivity contribution in [2.24, 2.45) is 0 Å². The van der Waals surface area contributed by atoms with Crippen molar-refractivity contribution in [3.63, 3.8) is 0 Å². The van der Waals surface area contributed by atoms with E-state index in [9.17, 15) is 4.79 Å². The van der Waals surface area contributed by atoms with Crippen LogP contribution in [0.3, 0.4) is 0 Å². The number of hydrogen-bond donors (Lipinski definition) is 0. The summed E-state index contributed by atoms with van der Waals surface area (Å²) in [5, 5.41) is 14.6. The van der Waals surface area contributed by atoms with Gasteiger partial charge in [0.1, 0.15) is 5.82 Å². The first-order valence-corrected chi connectivity index (χ1v) is 8.44. The molecule has 0 N–H and O–H groups in total. The summed E-state index contributed by atoms with van der Waals surface area (Å²) in [6.07, 6.45) is 0.327. The van der Waals surface area contributed by atoms with Crippen LogP contribution in [0.5, 0.6) is 0 Å². The van der Waals surface area contributed by atoms with Gasteiger partial charge in [0, 0.05) is 19.0 Å². The molecule has 0 aliphatic rings. The Hall–Kier alpha value is -2.66. The van der Waals surface area contributed by atoms with Crippen molar-refractivity contribution in [1.82, 2.24) is 24.5 Å². The van der Waals surface area contributed by atoms with Crippen LogP contribution in [0.1, 0.15) is 12.2 Å². The summed E-state index contributed by atoms with van der Waals surface area (Å²) in [4.78, 5) is 22.8. The SMILES string of the molecule is Cc1nc2c3ccccc3nc(SCC(=O)N(C)CCC#N)n2n1. The normalized spacial score (nSPS) is 10.9. The average molecular weight is 340 g/mol. The number of thioether (sulfide) groups is 1. The van der Waals surface area contributed by atoms with Gasteiger partial charge in [0.05, 0.1) is 23.8 Å². The van der Waals surface area contributed by atoms with Crippen LogP contribution in [0.25, 0.3) is 16.6 Å². The fourth-order valence-corrected chi connectivity index (χ4v) is 3.19. The Kier molecular flexibility index (Phi) is 4.62. The highest BCUT2D eigenvalue weighted by molar-refractivity contribution is 7.99. The zero-order chi connectivity index (χ0) is 17.1. The largest absolute Gasteiger partial charge is 0.344 e. The molecule has 24 heavy (non-hydrogen) atoms. The van der Waals surface area contributed by atoms with Crippen molar-refractivity contribution in [1.29, 1.82) is 5.26 Å². The summed E-state index contributed by atoms with van der Waals surface area (Å²) in [7, 11) is 1.70. The molecule has 3 aromatic rings. The number of benzene rings is 1. The molecule has 0 aliphatic heterocycles. The molecule has 0 fully saturated rings. The highest BCUT2D eigenvalue weighted by Gasteiger charge is 2.15. The maximum atomic E-state index is 12.1. The molecule has 8 heteroatoms. The minimum atomic E-state index is -0.0461. The maximum absolute atomic E-state index is 12.1. The van der Waals surface area contributed by atoms with Gasteiger partial charge in [-0.1, -0.05) is 23.9 Å². The lowest BCUT2D eigenvalue weighted by atomic mass is 10.2. The van der Waals surface area contributed by atoms with Crippen LogP contribution < -0.4 is 0 Å². The molecular formula is C16H16N6OS. The molecule has 122 valence electrons. The molecule has 0 spiro atoms. The van der Waals surface area contributed by atoms with Gasteiger partial charge in [-0.25, -0.2) is 9.97 Å². The highest BCUT2D eigenvalue weighted by atomic mass is 32.2. The van der Waals surface area contributed by atoms with E-state index in [1.807, 2.05) is 37.3 Å². The van der Waals surface area contributed by atoms with Crippen molar-refractivity contribution >= 4 is 34.2 Å². The third kappa shape index (κ3) is 3.16. The topological polar surface area (TPSA) is 87.2 Å². The van der Waals surface area contributed by atoms with Crippen molar-refractivity contribution in [2.45, 2.75) is 18.5 Å². The Morgan fingerprint density at radius 2 is 2.17 bits per heavy atom. The third-order valence-electron chi connectivity index (χ3n) is 3.56. The number of aryl methyl sites for hydroxylation is 1. The smallest absolute Gasteiger partial charge is 0.232 e. The number of rotatable bonds is 5. The second-order valence-corrected chi connectivity index (χ2v) is 6.26. The summed E-state index contributed by atoms with van der Waals surface area (Å²) in [5.41, 5.74) is 1.57. The van der Waals surface area contributed by atoms with Crippen molar-refractivity contribution in [3.8, 4) is 6.07 Å². The van der Waals surface area contributed by atoms with Crippen LogP contribution in [-0.4, -0.2) is 49.7 Å². The average Bonchev–Trinajstić information content (AvgIpc) is 2.99. The van der Waals surface area contributed by atoms with E-state index in [0.29, 0.717) is 23.9 Å². The number of hydrogen-bond acceptors (Lipinski definition) is 6. The molecule has 0 saturated heterocycles. The Bertz CT molecular complexity index is 945. The first-order valence-electron chi connectivity index (χ1n) is 7.46. The number of amides is 1. The zero-order valence-corrected chi connectivity index (χ0v) is 14.2. The van der Waals surface area contributed by atoms with E-state index in [0.717, 1.165) is 16.6 Å². The fourth-order valence-electron chi connectivity index (χ4n) is 2.31. The van der Waals surface area contributed by atoms with Gasteiger partial charge in [-0.15, -0.1) is 5.10 Å². The van der Waals surface area contributed by atoms with Gasteiger partial charge in [-0.05, 0) is 19.1 Å². The zero-order valence-electron chi connectivity index (χ0n) is 13.4. The Balaban J connectivity index is 1.88. The lowest BCUT2D eigenvalue weighted by molar-refractivity contribution is -0.127. The molecular weight excluding hydrogens is 324 g/mol. The monoisotopic (exact) mass is 340 g/mol. The van der Waals surface area contributed by atoms with Crippen LogP contribution >= 0.6 is 11.8 Å². The van der Waals surface area contributed by atoms with Gasteiger partial charge >= 0.3 is 0 Å². The van der Waals surface area contributed by atoms with Gasteiger partial charge in [0.2, 0.25) is 5.91 Å². The summed E-state index contributed by atoms with van der Waals surface area (Å²) >= 11 is 1.32. The van der Waals surface area contributed by atoms with Crippen LogP contribution in [0.15, 0.2) is 29.4 Å². The van der Waals surface area contributed by atoms with Gasteiger partial charge < -0.3 is 4.90 Å². The lowest BCUT2D eigenvalue weighted by Crippen LogP contribution is -2.29. The van der Waals surface area contributed by atoms with Gasteiger partial charge in [0.15, 0.2) is 10.8 Å². The van der Waals surface area contributed by atoms with Gasteiger partial charge in [0.25, 0.3) is 0 Å². The van der Waals surface area contributed by atoms with Crippen molar-refractivity contribution in [3.05, 3.63) is 30.1 Å². The van der Waals surface area contributed by atoms with E-state index < -0.39 is 0 Å². The predicted molar refractivity (Wildman–Crippen MR) is 91.6 cm³/mol. The molecule has 0 bridgehead atoms. The molecule has 1 aromatic carbocycles. The molecule has 2 aromatic heterocycles. The predicted octanol–water partition coefficient (Wildman–Crippen LogP) is 2.05. The van der Waals surface area contributed by atoms with Crippen LogP contribution in [0.4, 0.5) is 0 Å². The summed E-state index contributed by atoms with van der Waals surface area (Å²) in [6, 6.07) is 9.78. The first-order chi connectivity index (χ1) is 11.6. The van der Waals surface area contributed by atoms with Crippen LogP contribution in [0, 0.1) is 18.3 Å². The van der Waals surface area contributed by atoms with E-state index in [2.05, 4.69) is 15.1 Å². The second kappa shape index (κ2) is 6.84. The first kappa shape index (κ1) is 16.2. The second-order valence-electron chi connectivity index (χ2n) is 5.32. The molecule has 0 aliphatic carbocycles. The molecule has 0 atom stereocenters. The van der Waals surface area contributed by atoms with Gasteiger partial charge in [-0.3, -0.25) is 4.79 Å². The molecule has 7 nitrogen and oxygen atoms in total. The molecule has 0 unspecified atom stereocenters. The molecule has 0 saturated carbocycles. The molecule has 0 radical (unpaired) electrons. The van der Waals surface area contributed by atoms with Crippen LogP contribution in [-0.2, 0) is 4.79 Å².